The Labute approximate surface area is 118 Å². The Morgan fingerprint density at radius 1 is 1.32 bits per heavy atom. The van der Waals surface area contributed by atoms with Gasteiger partial charge in [0.1, 0.15) is 5.82 Å². The maximum absolute atomic E-state index is 13.5. The summed E-state index contributed by atoms with van der Waals surface area (Å²) in [4.78, 5) is 0. The van der Waals surface area contributed by atoms with Crippen LogP contribution < -0.4 is 10.0 Å². The largest absolute Gasteiger partial charge is 0.313 e. The minimum atomic E-state index is -3.64. The van der Waals surface area contributed by atoms with Crippen molar-refractivity contribution in [3.8, 4) is 0 Å². The van der Waals surface area contributed by atoms with Crippen molar-refractivity contribution < 1.29 is 12.8 Å². The molecule has 1 aromatic rings. The Morgan fingerprint density at radius 3 is 2.47 bits per heavy atom. The summed E-state index contributed by atoms with van der Waals surface area (Å²) >= 11 is 5.61. The zero-order chi connectivity index (χ0) is 14.6. The maximum Gasteiger partial charge on any atom is 0.236 e. The lowest BCUT2D eigenvalue weighted by atomic mass is 10.3. The molecular weight excluding hydrogens is 291 g/mol. The molecule has 4 nitrogen and oxygen atoms in total. The topological polar surface area (TPSA) is 58.2 Å². The summed E-state index contributed by atoms with van der Waals surface area (Å²) in [5.41, 5.74) is -0.0965. The molecule has 0 aliphatic rings. The fourth-order valence-electron chi connectivity index (χ4n) is 1.34. The number of hydrogen-bond donors (Lipinski definition) is 2. The summed E-state index contributed by atoms with van der Waals surface area (Å²) in [5, 5.41) is 2.57. The molecule has 0 aromatic heterocycles. The smallest absolute Gasteiger partial charge is 0.236 e. The molecule has 1 unspecified atom stereocenters. The van der Waals surface area contributed by atoms with Gasteiger partial charge in [-0.25, -0.2) is 12.8 Å². The van der Waals surface area contributed by atoms with E-state index in [0.717, 1.165) is 6.07 Å². The first-order valence-electron chi connectivity index (χ1n) is 5.92. The van der Waals surface area contributed by atoms with Gasteiger partial charge in [-0.15, -0.1) is 0 Å². The Balaban J connectivity index is 2.78. The maximum atomic E-state index is 13.5. The molecular formula is C12H18ClFN2O2S. The van der Waals surface area contributed by atoms with E-state index < -0.39 is 21.1 Å². The molecule has 0 radical (unpaired) electrons. The average molecular weight is 309 g/mol. The van der Waals surface area contributed by atoms with Crippen LogP contribution in [0.3, 0.4) is 0 Å². The summed E-state index contributed by atoms with van der Waals surface area (Å²) in [5.74, 6) is -0.694. The SMILES string of the molecule is CC(C)NCC(C)S(=O)(=O)Nc1ccc(Cl)cc1F. The first-order chi connectivity index (χ1) is 8.72. The predicted octanol–water partition coefficient (Wildman–Crippen LogP) is 2.61. The Morgan fingerprint density at radius 2 is 1.95 bits per heavy atom. The minimum absolute atomic E-state index is 0.0965. The van der Waals surface area contributed by atoms with Crippen LogP contribution in [0.25, 0.3) is 0 Å². The van der Waals surface area contributed by atoms with Gasteiger partial charge < -0.3 is 5.32 Å². The van der Waals surface area contributed by atoms with E-state index in [1.165, 1.54) is 12.1 Å². The van der Waals surface area contributed by atoms with E-state index in [4.69, 9.17) is 11.6 Å². The number of anilines is 1. The van der Waals surface area contributed by atoms with Crippen molar-refractivity contribution >= 4 is 27.3 Å². The third kappa shape index (κ3) is 4.97. The van der Waals surface area contributed by atoms with Gasteiger partial charge in [0.15, 0.2) is 0 Å². The molecule has 1 rings (SSSR count). The third-order valence-electron chi connectivity index (χ3n) is 2.53. The normalized spacial score (nSPS) is 13.6. The number of rotatable bonds is 6. The molecule has 0 amide bonds. The lowest BCUT2D eigenvalue weighted by Gasteiger charge is -2.17. The van der Waals surface area contributed by atoms with Crippen LogP contribution >= 0.6 is 11.6 Å². The van der Waals surface area contributed by atoms with E-state index in [0.29, 0.717) is 6.54 Å². The first kappa shape index (κ1) is 16.2. The van der Waals surface area contributed by atoms with E-state index in [9.17, 15) is 12.8 Å². The van der Waals surface area contributed by atoms with Crippen LogP contribution in [-0.2, 0) is 10.0 Å². The molecule has 0 bridgehead atoms. The van der Waals surface area contributed by atoms with Crippen LogP contribution in [-0.4, -0.2) is 26.3 Å². The Bertz CT molecular complexity index is 535. The number of halogens is 2. The number of hydrogen-bond acceptors (Lipinski definition) is 3. The van der Waals surface area contributed by atoms with Gasteiger partial charge in [0.05, 0.1) is 10.9 Å². The molecule has 7 heteroatoms. The van der Waals surface area contributed by atoms with Crippen molar-refractivity contribution in [2.45, 2.75) is 32.1 Å². The van der Waals surface area contributed by atoms with E-state index in [1.54, 1.807) is 6.92 Å². The summed E-state index contributed by atoms with van der Waals surface area (Å²) in [7, 11) is -3.64. The highest BCUT2D eigenvalue weighted by molar-refractivity contribution is 7.93. The molecule has 1 atom stereocenters. The highest BCUT2D eigenvalue weighted by Crippen LogP contribution is 2.20. The van der Waals surface area contributed by atoms with Gasteiger partial charge in [-0.1, -0.05) is 25.4 Å². The summed E-state index contributed by atoms with van der Waals surface area (Å²) in [6, 6.07) is 3.98. The van der Waals surface area contributed by atoms with Gasteiger partial charge in [-0.3, -0.25) is 4.72 Å². The van der Waals surface area contributed by atoms with Gasteiger partial charge in [-0.05, 0) is 25.1 Å². The fourth-order valence-corrected chi connectivity index (χ4v) is 2.49. The predicted molar refractivity (Wildman–Crippen MR) is 76.6 cm³/mol. The van der Waals surface area contributed by atoms with Crippen molar-refractivity contribution in [1.29, 1.82) is 0 Å². The van der Waals surface area contributed by atoms with Gasteiger partial charge >= 0.3 is 0 Å². The van der Waals surface area contributed by atoms with E-state index in [2.05, 4.69) is 10.0 Å². The standard InChI is InChI=1S/C12H18ClFN2O2S/c1-8(2)15-7-9(3)19(17,18)16-12-5-4-10(13)6-11(12)14/h4-6,8-9,15-16H,7H2,1-3H3. The lowest BCUT2D eigenvalue weighted by molar-refractivity contribution is 0.553. The van der Waals surface area contributed by atoms with Crippen LogP contribution in [0.5, 0.6) is 0 Å². The highest BCUT2D eigenvalue weighted by atomic mass is 35.5. The summed E-state index contributed by atoms with van der Waals surface area (Å²) in [6.07, 6.45) is 0. The van der Waals surface area contributed by atoms with Crippen LogP contribution in [0.15, 0.2) is 18.2 Å². The first-order valence-corrected chi connectivity index (χ1v) is 7.85. The molecule has 0 saturated heterocycles. The Hall–Kier alpha value is -0.850. The second-order valence-electron chi connectivity index (χ2n) is 4.64. The van der Waals surface area contributed by atoms with Crippen molar-refractivity contribution in [3.05, 3.63) is 29.0 Å². The van der Waals surface area contributed by atoms with Crippen LogP contribution in [0.1, 0.15) is 20.8 Å². The average Bonchev–Trinajstić information content (AvgIpc) is 2.29. The van der Waals surface area contributed by atoms with E-state index >= 15 is 0 Å². The molecule has 0 aliphatic carbocycles. The van der Waals surface area contributed by atoms with Crippen LogP contribution in [0.2, 0.25) is 5.02 Å². The van der Waals surface area contributed by atoms with Crippen LogP contribution in [0.4, 0.5) is 10.1 Å². The summed E-state index contributed by atoms with van der Waals surface area (Å²) in [6.45, 7) is 5.70. The molecule has 0 spiro atoms. The molecule has 0 aliphatic heterocycles. The quantitative estimate of drug-likeness (QED) is 0.849. The zero-order valence-corrected chi connectivity index (χ0v) is 12.6. The molecule has 0 fully saturated rings. The number of benzene rings is 1. The van der Waals surface area contributed by atoms with E-state index in [1.807, 2.05) is 13.8 Å². The van der Waals surface area contributed by atoms with Gasteiger partial charge in [0.2, 0.25) is 10.0 Å². The lowest BCUT2D eigenvalue weighted by Crippen LogP contribution is -2.37. The van der Waals surface area contributed by atoms with Gasteiger partial charge in [-0.2, -0.15) is 0 Å². The second kappa shape index (κ2) is 6.54. The summed E-state index contributed by atoms with van der Waals surface area (Å²) < 4.78 is 39.8. The molecule has 0 saturated carbocycles. The third-order valence-corrected chi connectivity index (χ3v) is 4.49. The number of sulfonamides is 1. The number of nitrogens with one attached hydrogen (secondary N) is 2. The molecule has 0 heterocycles. The van der Waals surface area contributed by atoms with Gasteiger partial charge in [0.25, 0.3) is 0 Å². The highest BCUT2D eigenvalue weighted by Gasteiger charge is 2.22. The zero-order valence-electron chi connectivity index (χ0n) is 11.1. The fraction of sp³-hybridized carbons (Fsp3) is 0.500. The van der Waals surface area contributed by atoms with Gasteiger partial charge in [0, 0.05) is 17.6 Å². The monoisotopic (exact) mass is 308 g/mol. The minimum Gasteiger partial charge on any atom is -0.313 e. The Kier molecular flexibility index (Phi) is 5.58. The molecule has 108 valence electrons. The molecule has 1 aromatic carbocycles. The van der Waals surface area contributed by atoms with Crippen molar-refractivity contribution in [3.63, 3.8) is 0 Å². The van der Waals surface area contributed by atoms with Crippen molar-refractivity contribution in [2.75, 3.05) is 11.3 Å². The molecule has 2 N–H and O–H groups in total. The second-order valence-corrected chi connectivity index (χ2v) is 7.18. The van der Waals surface area contributed by atoms with Crippen molar-refractivity contribution in [1.82, 2.24) is 5.32 Å². The molecule has 19 heavy (non-hydrogen) atoms. The van der Waals surface area contributed by atoms with E-state index in [-0.39, 0.29) is 16.8 Å². The van der Waals surface area contributed by atoms with Crippen LogP contribution in [0, 0.1) is 5.82 Å². The van der Waals surface area contributed by atoms with Crippen molar-refractivity contribution in [2.24, 2.45) is 0 Å².